The summed E-state index contributed by atoms with van der Waals surface area (Å²) in [5.74, 6) is -0.440. The van der Waals surface area contributed by atoms with Gasteiger partial charge in [-0.15, -0.1) is 0 Å². The van der Waals surface area contributed by atoms with E-state index in [2.05, 4.69) is 34.6 Å². The van der Waals surface area contributed by atoms with E-state index in [1.807, 2.05) is 6.92 Å². The molecule has 2 bridgehead atoms. The number of hydrogen-bond donors (Lipinski definition) is 12. The molecule has 0 aromatic rings. The molecule has 0 amide bonds. The van der Waals surface area contributed by atoms with E-state index in [-0.39, 0.29) is 34.6 Å². The number of fused-ring (bicyclic) bond motifs is 4. The van der Waals surface area contributed by atoms with Gasteiger partial charge in [0.1, 0.15) is 103 Å². The van der Waals surface area contributed by atoms with Crippen LogP contribution in [0.15, 0.2) is 0 Å². The summed E-state index contributed by atoms with van der Waals surface area (Å²) in [6, 6.07) is 0. The van der Waals surface area contributed by atoms with Crippen LogP contribution in [-0.4, -0.2) is 228 Å². The molecule has 1 spiro atoms. The lowest BCUT2D eigenvalue weighted by Crippen LogP contribution is -2.74. The van der Waals surface area contributed by atoms with Crippen molar-refractivity contribution in [2.24, 2.45) is 50.2 Å². The average Bonchev–Trinajstić information content (AvgIpc) is 3.65. The SMILES string of the molecule is CC1(C)[C@@H](O[C@@H]2OC[C@@H](O[C@@H]3O[C@H](CO)[C@@H](O)[C@H](O)[C@H]3O[C@@H]3OC[C@@H](O)[C@H](O)[C@H]3O)[C@H](O)[C@H]2O[C@@H]2O[C@H](CO)[C@@H](O)[C@H](O)[C@H]2O)CC[C@]2(C)[C@H]3CC[C@]45OC(=O)[C@@]6(CC[C@](C)(C=O)C[C@H]64)[C@H](O)C[C@@]5(C)[C@]3(C)CC[C@@H]12. The average molecular weight is 1080 g/mol. The first kappa shape index (κ1) is 56.6. The van der Waals surface area contributed by atoms with Gasteiger partial charge in [-0.25, -0.2) is 0 Å². The first-order valence-electron chi connectivity index (χ1n) is 27.1. The van der Waals surface area contributed by atoms with E-state index >= 15 is 0 Å². The third-order valence-electron chi connectivity index (χ3n) is 21.8. The zero-order valence-electron chi connectivity index (χ0n) is 43.6. The minimum absolute atomic E-state index is 0.0540. The van der Waals surface area contributed by atoms with Crippen LogP contribution in [0.3, 0.4) is 0 Å². The van der Waals surface area contributed by atoms with Crippen LogP contribution in [0.25, 0.3) is 0 Å². The maximum atomic E-state index is 14.2. The Balaban J connectivity index is 0.906. The molecule has 5 heterocycles. The van der Waals surface area contributed by atoms with Gasteiger partial charge in [0.05, 0.1) is 38.6 Å². The molecule has 5 aliphatic carbocycles. The Morgan fingerprint density at radius 1 is 0.573 bits per heavy atom. The van der Waals surface area contributed by atoms with E-state index in [1.165, 1.54) is 0 Å². The van der Waals surface area contributed by atoms with Crippen LogP contribution in [0, 0.1) is 50.2 Å². The summed E-state index contributed by atoms with van der Waals surface area (Å²) in [7, 11) is 0. The van der Waals surface area contributed by atoms with Crippen LogP contribution < -0.4 is 0 Å². The van der Waals surface area contributed by atoms with E-state index < -0.39 is 177 Å². The highest BCUT2D eigenvalue weighted by atomic mass is 16.8. The molecule has 0 aromatic carbocycles. The number of aliphatic hydroxyl groups excluding tert-OH is 12. The highest BCUT2D eigenvalue weighted by Gasteiger charge is 2.83. The van der Waals surface area contributed by atoms with E-state index in [4.69, 9.17) is 42.6 Å². The Kier molecular flexibility index (Phi) is 14.9. The maximum absolute atomic E-state index is 14.2. The molecule has 75 heavy (non-hydrogen) atoms. The van der Waals surface area contributed by atoms with Crippen LogP contribution in [-0.2, 0) is 52.2 Å². The van der Waals surface area contributed by atoms with E-state index in [1.54, 1.807) is 0 Å². The third kappa shape index (κ3) is 8.33. The van der Waals surface area contributed by atoms with Gasteiger partial charge in [0, 0.05) is 16.7 Å². The number of ether oxygens (including phenoxy) is 9. The Labute approximate surface area is 435 Å². The molecule has 12 N–H and O–H groups in total. The third-order valence-corrected chi connectivity index (χ3v) is 21.8. The Hall–Kier alpha value is -1.66. The van der Waals surface area contributed by atoms with Crippen LogP contribution in [0.2, 0.25) is 0 Å². The normalized spacial score (nSPS) is 57.4. The second-order valence-electron chi connectivity index (χ2n) is 25.7. The summed E-state index contributed by atoms with van der Waals surface area (Å²) in [6.45, 7) is 10.6. The number of rotatable bonds is 11. The van der Waals surface area contributed by atoms with Gasteiger partial charge in [-0.05, 0) is 92.3 Å². The number of carbonyl (C=O) groups is 2. The van der Waals surface area contributed by atoms with Crippen molar-refractivity contribution in [3.05, 3.63) is 0 Å². The van der Waals surface area contributed by atoms with E-state index in [0.717, 1.165) is 25.5 Å². The second-order valence-corrected chi connectivity index (χ2v) is 25.7. The Morgan fingerprint density at radius 3 is 1.87 bits per heavy atom. The van der Waals surface area contributed by atoms with Gasteiger partial charge in [-0.1, -0.05) is 41.5 Å². The molecule has 23 nitrogen and oxygen atoms in total. The molecule has 0 radical (unpaired) electrons. The molecule has 0 aromatic heterocycles. The standard InChI is InChI=1S/C52H82O23/c1-46(2)26-7-11-49(5)27(8-12-52-28-15-47(3,21-55)13-14-51(28,45(66)75-52)29(57)16-50(49,52)6)48(26,4)10-9-30(46)72-43-39(74-42-38(65)35(62)32(59)23(17-53)69-42)34(61)25(20-68-43)71-44-40(36(63)33(60)24(18-54)70-44)73-41-37(64)31(58)22(56)19-67-41/h21-44,53-54,56-65H,7-20H2,1-6H3/t22-,23-,24-,25-,26+,27-,28-,29-,30+,31+,32-,33-,34+,35+,36+,37-,38-,39-,40-,41+,42+,43+,44+,47+,48+,49-,50+,51-,52+/m1/s1. The molecule has 10 fully saturated rings. The Morgan fingerprint density at radius 2 is 1.19 bits per heavy atom. The summed E-state index contributed by atoms with van der Waals surface area (Å²) in [4.78, 5) is 26.8. The zero-order chi connectivity index (χ0) is 54.3. The predicted molar refractivity (Wildman–Crippen MR) is 251 cm³/mol. The molecular formula is C52H82O23. The summed E-state index contributed by atoms with van der Waals surface area (Å²) in [5, 5.41) is 130. The number of aliphatic hydroxyl groups is 12. The fourth-order valence-electron chi connectivity index (χ4n) is 17.3. The van der Waals surface area contributed by atoms with E-state index in [0.29, 0.717) is 44.9 Å². The van der Waals surface area contributed by atoms with Crippen molar-refractivity contribution >= 4 is 12.3 Å². The molecule has 23 heteroatoms. The fraction of sp³-hybridized carbons (Fsp3) is 0.962. The minimum Gasteiger partial charge on any atom is -0.458 e. The lowest BCUT2D eigenvalue weighted by atomic mass is 9.30. The minimum atomic E-state index is -1.91. The molecule has 10 aliphatic rings. The molecular weight excluding hydrogens is 993 g/mol. The van der Waals surface area contributed by atoms with Gasteiger partial charge < -0.3 is 109 Å². The molecule has 0 unspecified atom stereocenters. The van der Waals surface area contributed by atoms with Crippen molar-refractivity contribution in [2.75, 3.05) is 26.4 Å². The smallest absolute Gasteiger partial charge is 0.315 e. The van der Waals surface area contributed by atoms with Crippen molar-refractivity contribution in [3.8, 4) is 0 Å². The van der Waals surface area contributed by atoms with E-state index in [9.17, 15) is 70.9 Å². The zero-order valence-corrected chi connectivity index (χ0v) is 43.6. The lowest BCUT2D eigenvalue weighted by Gasteiger charge is -2.74. The first-order valence-corrected chi connectivity index (χ1v) is 27.1. The van der Waals surface area contributed by atoms with Gasteiger partial charge in [-0.3, -0.25) is 4.79 Å². The van der Waals surface area contributed by atoms with Gasteiger partial charge >= 0.3 is 5.97 Å². The predicted octanol–water partition coefficient (Wildman–Crippen LogP) is -2.37. The number of aldehydes is 1. The summed E-state index contributed by atoms with van der Waals surface area (Å²) < 4.78 is 55.3. The van der Waals surface area contributed by atoms with Gasteiger partial charge in [-0.2, -0.15) is 0 Å². The topological polar surface area (TPSA) is 360 Å². The first-order chi connectivity index (χ1) is 35.2. The highest BCUT2D eigenvalue weighted by Crippen LogP contribution is 2.81. The van der Waals surface area contributed by atoms with Gasteiger partial charge in [0.2, 0.25) is 0 Å². The molecule has 10 rings (SSSR count). The second kappa shape index (κ2) is 19.8. The van der Waals surface area contributed by atoms with Crippen LogP contribution in [0.5, 0.6) is 0 Å². The van der Waals surface area contributed by atoms with Crippen LogP contribution in [0.4, 0.5) is 0 Å². The van der Waals surface area contributed by atoms with Gasteiger partial charge in [0.25, 0.3) is 0 Å². The van der Waals surface area contributed by atoms with Crippen molar-refractivity contribution in [1.82, 2.24) is 0 Å². The molecule has 5 aliphatic heterocycles. The highest BCUT2D eigenvalue weighted by molar-refractivity contribution is 5.83. The summed E-state index contributed by atoms with van der Waals surface area (Å²) in [5.41, 5.74) is -4.35. The van der Waals surface area contributed by atoms with Gasteiger partial charge in [0.15, 0.2) is 25.2 Å². The maximum Gasteiger partial charge on any atom is 0.315 e. The lowest BCUT2D eigenvalue weighted by molar-refractivity contribution is -0.392. The van der Waals surface area contributed by atoms with Crippen LogP contribution in [0.1, 0.15) is 106 Å². The number of carbonyl (C=O) groups excluding carboxylic acids is 2. The Bertz CT molecular complexity index is 2100. The van der Waals surface area contributed by atoms with Crippen molar-refractivity contribution in [3.63, 3.8) is 0 Å². The molecule has 5 saturated carbocycles. The number of hydrogen-bond acceptors (Lipinski definition) is 23. The van der Waals surface area contributed by atoms with Crippen molar-refractivity contribution < 1.29 is 113 Å². The molecule has 29 atom stereocenters. The summed E-state index contributed by atoms with van der Waals surface area (Å²) in [6.07, 6.45) is -24.8. The largest absolute Gasteiger partial charge is 0.458 e. The molecule has 428 valence electrons. The van der Waals surface area contributed by atoms with Crippen molar-refractivity contribution in [2.45, 2.75) is 234 Å². The molecule has 5 saturated heterocycles. The van der Waals surface area contributed by atoms with Crippen LogP contribution >= 0.6 is 0 Å². The summed E-state index contributed by atoms with van der Waals surface area (Å²) >= 11 is 0. The fourth-order valence-corrected chi connectivity index (χ4v) is 17.3. The number of esters is 1. The van der Waals surface area contributed by atoms with Crippen molar-refractivity contribution in [1.29, 1.82) is 0 Å². The monoisotopic (exact) mass is 1070 g/mol. The quantitative estimate of drug-likeness (QED) is 0.0585.